The average molecular weight is 628 g/mol. The van der Waals surface area contributed by atoms with Crippen LogP contribution in [-0.2, 0) is 39.3 Å². The molecule has 0 spiro atoms. The van der Waals surface area contributed by atoms with E-state index in [0.29, 0.717) is 11.6 Å². The van der Waals surface area contributed by atoms with Crippen molar-refractivity contribution in [3.63, 3.8) is 0 Å². The van der Waals surface area contributed by atoms with Gasteiger partial charge >= 0.3 is 0 Å². The van der Waals surface area contributed by atoms with Crippen LogP contribution in [0, 0.1) is 0 Å². The van der Waals surface area contributed by atoms with Crippen molar-refractivity contribution < 1.29 is 8.78 Å². The Hall–Kier alpha value is -3.99. The predicted molar refractivity (Wildman–Crippen MR) is 175 cm³/mol. The standard InChI is InChI=1S/C35H43F2N9/c1-22(2)43-14-10-32-30(21-43)35(41-46(32)27-6-7-31-24(15-27)18-40-45(31)26-8-11-38-12-9-26)44-13-4-5-23-16-28(25-19-39-42(3)20-25)29(34(36)37)17-33(23)44/h16-20,26-27,34,38H,1,4-15,21H2,2-3H3. The van der Waals surface area contributed by atoms with Crippen molar-refractivity contribution in [3.05, 3.63) is 76.6 Å². The van der Waals surface area contributed by atoms with E-state index in [9.17, 15) is 8.78 Å². The monoisotopic (exact) mass is 627 g/mol. The van der Waals surface area contributed by atoms with Crippen LogP contribution in [0.25, 0.3) is 11.1 Å². The first-order valence-electron chi connectivity index (χ1n) is 16.8. The molecule has 9 nitrogen and oxygen atoms in total. The minimum absolute atomic E-state index is 0.0427. The molecule has 3 aliphatic heterocycles. The number of alkyl halides is 2. The molecule has 1 aliphatic carbocycles. The van der Waals surface area contributed by atoms with E-state index < -0.39 is 6.43 Å². The highest BCUT2D eigenvalue weighted by Gasteiger charge is 2.35. The molecule has 0 bridgehead atoms. The number of hydrogen-bond donors (Lipinski definition) is 1. The smallest absolute Gasteiger partial charge is 0.264 e. The van der Waals surface area contributed by atoms with Crippen LogP contribution in [0.3, 0.4) is 0 Å². The molecule has 4 aliphatic rings. The van der Waals surface area contributed by atoms with Crippen LogP contribution in [-0.4, -0.2) is 60.4 Å². The van der Waals surface area contributed by atoms with Crippen LogP contribution in [0.5, 0.6) is 0 Å². The summed E-state index contributed by atoms with van der Waals surface area (Å²) in [5.74, 6) is 0.910. The Balaban J connectivity index is 1.18. The van der Waals surface area contributed by atoms with Gasteiger partial charge in [0.15, 0.2) is 5.82 Å². The topological polar surface area (TPSA) is 72.0 Å². The van der Waals surface area contributed by atoms with Crippen LogP contribution in [0.4, 0.5) is 20.3 Å². The van der Waals surface area contributed by atoms with Gasteiger partial charge in [-0.05, 0) is 93.8 Å². The molecule has 0 amide bonds. The van der Waals surface area contributed by atoms with Crippen molar-refractivity contribution in [2.45, 2.75) is 83.3 Å². The molecule has 6 heterocycles. The Morgan fingerprint density at radius 2 is 1.80 bits per heavy atom. The number of hydrogen-bond acceptors (Lipinski definition) is 6. The minimum Gasteiger partial charge on any atom is -0.371 e. The molecule has 8 rings (SSSR count). The third kappa shape index (κ3) is 5.03. The third-order valence-electron chi connectivity index (χ3n) is 10.6. The van der Waals surface area contributed by atoms with Gasteiger partial charge in [0.1, 0.15) is 0 Å². The van der Waals surface area contributed by atoms with Gasteiger partial charge in [-0.2, -0.15) is 15.3 Å². The van der Waals surface area contributed by atoms with Crippen molar-refractivity contribution in [2.75, 3.05) is 31.1 Å². The van der Waals surface area contributed by atoms with Crippen LogP contribution >= 0.6 is 0 Å². The van der Waals surface area contributed by atoms with Gasteiger partial charge in [-0.1, -0.05) is 6.58 Å². The Morgan fingerprint density at radius 1 is 0.957 bits per heavy atom. The summed E-state index contributed by atoms with van der Waals surface area (Å²) >= 11 is 0. The van der Waals surface area contributed by atoms with E-state index in [1.807, 2.05) is 19.3 Å². The zero-order valence-electron chi connectivity index (χ0n) is 26.9. The SMILES string of the molecule is C=C(C)N1CCc2c(c(N3CCCc4cc(-c5cnn(C)c5)c(C(F)F)cc43)nn2C2CCc3c(cnn3C3CCNCC3)C2)C1. The molecule has 0 saturated carbocycles. The van der Waals surface area contributed by atoms with Crippen LogP contribution in [0.2, 0.25) is 0 Å². The van der Waals surface area contributed by atoms with Gasteiger partial charge in [0.05, 0.1) is 24.5 Å². The quantitative estimate of drug-likeness (QED) is 0.281. The highest BCUT2D eigenvalue weighted by molar-refractivity contribution is 5.77. The first kappa shape index (κ1) is 29.4. The van der Waals surface area contributed by atoms with Gasteiger partial charge < -0.3 is 15.1 Å². The van der Waals surface area contributed by atoms with Crippen molar-refractivity contribution in [3.8, 4) is 11.1 Å². The lowest BCUT2D eigenvalue weighted by Gasteiger charge is -2.34. The largest absolute Gasteiger partial charge is 0.371 e. The zero-order valence-corrected chi connectivity index (χ0v) is 26.9. The molecule has 0 radical (unpaired) electrons. The molecule has 1 aromatic carbocycles. The number of halogens is 2. The molecule has 1 fully saturated rings. The van der Waals surface area contributed by atoms with Crippen LogP contribution < -0.4 is 10.2 Å². The second-order valence-corrected chi connectivity index (χ2v) is 13.6. The average Bonchev–Trinajstić information content (AvgIpc) is 3.80. The van der Waals surface area contributed by atoms with Gasteiger partial charge in [0.2, 0.25) is 0 Å². The van der Waals surface area contributed by atoms with E-state index in [-0.39, 0.29) is 11.6 Å². The number of aryl methyl sites for hydroxylation is 2. The van der Waals surface area contributed by atoms with Gasteiger partial charge in [0, 0.05) is 78.8 Å². The summed E-state index contributed by atoms with van der Waals surface area (Å²) in [4.78, 5) is 4.54. The summed E-state index contributed by atoms with van der Waals surface area (Å²) in [7, 11) is 1.81. The number of aromatic nitrogens is 6. The molecule has 1 N–H and O–H groups in total. The van der Waals surface area contributed by atoms with E-state index in [0.717, 1.165) is 112 Å². The maximum atomic E-state index is 14.6. The van der Waals surface area contributed by atoms with E-state index >= 15 is 0 Å². The highest BCUT2D eigenvalue weighted by Crippen LogP contribution is 2.44. The van der Waals surface area contributed by atoms with Crippen molar-refractivity contribution >= 4 is 11.5 Å². The summed E-state index contributed by atoms with van der Waals surface area (Å²) in [5, 5.41) is 18.0. The normalized spacial score (nSPS) is 20.2. The lowest BCUT2D eigenvalue weighted by atomic mass is 9.92. The lowest BCUT2D eigenvalue weighted by molar-refractivity contribution is 0.152. The van der Waals surface area contributed by atoms with Crippen molar-refractivity contribution in [1.29, 1.82) is 0 Å². The Bertz CT molecular complexity index is 1780. The maximum absolute atomic E-state index is 14.6. The number of anilines is 2. The Morgan fingerprint density at radius 3 is 2.57 bits per heavy atom. The summed E-state index contributed by atoms with van der Waals surface area (Å²) in [6, 6.07) is 4.40. The maximum Gasteiger partial charge on any atom is 0.264 e. The number of allylic oxidation sites excluding steroid dienone is 1. The summed E-state index contributed by atoms with van der Waals surface area (Å²) < 4.78 is 35.5. The van der Waals surface area contributed by atoms with Crippen LogP contribution in [0.15, 0.2) is 43.0 Å². The summed E-state index contributed by atoms with van der Waals surface area (Å²) in [5.41, 5.74) is 9.51. The van der Waals surface area contributed by atoms with Crippen molar-refractivity contribution in [1.82, 2.24) is 39.6 Å². The van der Waals surface area contributed by atoms with Gasteiger partial charge in [0.25, 0.3) is 6.43 Å². The Labute approximate surface area is 268 Å². The molecular formula is C35H43F2N9. The van der Waals surface area contributed by atoms with Gasteiger partial charge in [-0.25, -0.2) is 8.78 Å². The number of piperidine rings is 1. The molecule has 3 aromatic heterocycles. The number of nitrogens with one attached hydrogen (secondary N) is 1. The first-order chi connectivity index (χ1) is 22.4. The minimum atomic E-state index is -2.60. The predicted octanol–water partition coefficient (Wildman–Crippen LogP) is 6.05. The van der Waals surface area contributed by atoms with Crippen LogP contribution in [0.1, 0.15) is 84.8 Å². The molecule has 242 valence electrons. The Kier molecular flexibility index (Phi) is 7.46. The first-order valence-corrected chi connectivity index (χ1v) is 16.8. The summed E-state index contributed by atoms with van der Waals surface area (Å²) in [6.07, 6.45) is 10.8. The molecule has 4 aromatic rings. The zero-order chi connectivity index (χ0) is 31.5. The molecule has 1 saturated heterocycles. The fourth-order valence-electron chi connectivity index (χ4n) is 8.24. The molecule has 46 heavy (non-hydrogen) atoms. The van der Waals surface area contributed by atoms with Crippen molar-refractivity contribution in [2.24, 2.45) is 7.05 Å². The van der Waals surface area contributed by atoms with E-state index in [4.69, 9.17) is 10.2 Å². The summed E-state index contributed by atoms with van der Waals surface area (Å²) in [6.45, 7) is 10.8. The second-order valence-electron chi connectivity index (χ2n) is 13.6. The molecule has 1 unspecified atom stereocenters. The number of nitrogens with zero attached hydrogens (tertiary/aromatic N) is 8. The molecule has 11 heteroatoms. The fraction of sp³-hybridized carbons (Fsp3) is 0.514. The number of fused-ring (bicyclic) bond motifs is 3. The van der Waals surface area contributed by atoms with E-state index in [1.54, 1.807) is 16.9 Å². The third-order valence-corrected chi connectivity index (χ3v) is 10.6. The second kappa shape index (κ2) is 11.7. The lowest BCUT2D eigenvalue weighted by Crippen LogP contribution is -2.32. The number of benzene rings is 1. The number of rotatable bonds is 6. The van der Waals surface area contributed by atoms with Gasteiger partial charge in [-0.3, -0.25) is 14.0 Å². The van der Waals surface area contributed by atoms with E-state index in [1.165, 1.54) is 22.5 Å². The van der Waals surface area contributed by atoms with Gasteiger partial charge in [-0.15, -0.1) is 0 Å². The molecule has 1 atom stereocenters. The molecular weight excluding hydrogens is 584 g/mol. The fourth-order valence-corrected chi connectivity index (χ4v) is 8.24. The highest BCUT2D eigenvalue weighted by atomic mass is 19.3. The van der Waals surface area contributed by atoms with E-state index in [2.05, 4.69) is 49.3 Å².